The molecule has 1 aliphatic rings. The van der Waals surface area contributed by atoms with Crippen LogP contribution in [0.5, 0.6) is 5.75 Å². The topological polar surface area (TPSA) is 79.5 Å². The molecule has 1 saturated carbocycles. The third-order valence-corrected chi connectivity index (χ3v) is 7.41. The molecule has 1 fully saturated rings. The van der Waals surface area contributed by atoms with E-state index in [9.17, 15) is 8.42 Å². The molecule has 0 unspecified atom stereocenters. The van der Waals surface area contributed by atoms with Gasteiger partial charge in [-0.05, 0) is 79.0 Å². The highest BCUT2D eigenvalue weighted by Crippen LogP contribution is 2.29. The number of nitrogens with one attached hydrogen (secondary N) is 3. The monoisotopic (exact) mass is 447 g/mol. The van der Waals surface area contributed by atoms with Gasteiger partial charge in [0.25, 0.3) is 10.0 Å². The number of ether oxygens (including phenoxy) is 1. The van der Waals surface area contributed by atoms with Gasteiger partial charge in [0.05, 0.1) is 12.0 Å². The first-order valence-corrected chi connectivity index (χ1v) is 12.0. The molecular weight excluding hydrogens is 418 g/mol. The molecule has 6 nitrogen and oxygen atoms in total. The molecular formula is C22H29N3O3S2. The highest BCUT2D eigenvalue weighted by Gasteiger charge is 2.27. The van der Waals surface area contributed by atoms with Crippen molar-refractivity contribution in [3.63, 3.8) is 0 Å². The molecule has 8 heteroatoms. The Kier molecular flexibility index (Phi) is 7.20. The molecule has 1 aliphatic carbocycles. The quantitative estimate of drug-likeness (QED) is 0.562. The van der Waals surface area contributed by atoms with Crippen LogP contribution in [0.1, 0.15) is 33.1 Å². The summed E-state index contributed by atoms with van der Waals surface area (Å²) in [5, 5.41) is 7.13. The van der Waals surface area contributed by atoms with Gasteiger partial charge in [-0.25, -0.2) is 8.42 Å². The molecule has 0 amide bonds. The van der Waals surface area contributed by atoms with E-state index in [-0.39, 0.29) is 4.90 Å². The van der Waals surface area contributed by atoms with Crippen molar-refractivity contribution in [2.24, 2.45) is 11.8 Å². The molecule has 0 heterocycles. The molecule has 0 aromatic heterocycles. The lowest BCUT2D eigenvalue weighted by atomic mass is 9.78. The molecule has 3 rings (SSSR count). The zero-order valence-corrected chi connectivity index (χ0v) is 19.1. The number of thiocarbonyl (C=S) groups is 1. The molecule has 3 atom stereocenters. The van der Waals surface area contributed by atoms with E-state index < -0.39 is 10.0 Å². The SMILES string of the molecule is COc1ccc(NS(=O)(=O)c2ccc(NC(=S)N[C@H]3CCC[C@@H](C)[C@@H]3C)cc2)cc1. The maximum absolute atomic E-state index is 12.6. The Morgan fingerprint density at radius 3 is 2.27 bits per heavy atom. The summed E-state index contributed by atoms with van der Waals surface area (Å²) in [5.74, 6) is 1.91. The molecule has 162 valence electrons. The summed E-state index contributed by atoms with van der Waals surface area (Å²) in [4.78, 5) is 0.178. The molecule has 0 saturated heterocycles. The highest BCUT2D eigenvalue weighted by molar-refractivity contribution is 7.92. The Morgan fingerprint density at radius 2 is 1.63 bits per heavy atom. The van der Waals surface area contributed by atoms with Crippen LogP contribution >= 0.6 is 12.2 Å². The minimum Gasteiger partial charge on any atom is -0.497 e. The minimum atomic E-state index is -3.68. The summed E-state index contributed by atoms with van der Waals surface area (Å²) in [7, 11) is -2.12. The average Bonchev–Trinajstić information content (AvgIpc) is 2.72. The standard InChI is InChI=1S/C22H29N3O3S2/c1-15-5-4-6-21(16(15)2)24-22(29)23-17-9-13-20(14-10-17)30(26,27)25-18-7-11-19(28-3)12-8-18/h7-16,21,25H,4-6H2,1-3H3,(H2,23,24,29)/t15-,16+,21+/m1/s1. The van der Waals surface area contributed by atoms with E-state index in [4.69, 9.17) is 17.0 Å². The maximum Gasteiger partial charge on any atom is 0.261 e. The molecule has 2 aromatic carbocycles. The molecule has 30 heavy (non-hydrogen) atoms. The lowest BCUT2D eigenvalue weighted by molar-refractivity contribution is 0.225. The van der Waals surface area contributed by atoms with Crippen molar-refractivity contribution in [3.8, 4) is 5.75 Å². The summed E-state index contributed by atoms with van der Waals surface area (Å²) < 4.78 is 32.9. The predicted octanol–water partition coefficient (Wildman–Crippen LogP) is 4.61. The fourth-order valence-electron chi connectivity index (χ4n) is 3.71. The molecule has 0 spiro atoms. The van der Waals surface area contributed by atoms with Crippen LogP contribution in [0.25, 0.3) is 0 Å². The summed E-state index contributed by atoms with van der Waals surface area (Å²) >= 11 is 5.46. The predicted molar refractivity (Wildman–Crippen MR) is 126 cm³/mol. The first-order valence-electron chi connectivity index (χ1n) is 10.1. The third kappa shape index (κ3) is 5.64. The Hall–Kier alpha value is -2.32. The van der Waals surface area contributed by atoms with Crippen LogP contribution < -0.4 is 20.1 Å². The van der Waals surface area contributed by atoms with Gasteiger partial charge in [0.1, 0.15) is 5.75 Å². The fraction of sp³-hybridized carbons (Fsp3) is 0.409. The van der Waals surface area contributed by atoms with Gasteiger partial charge in [-0.3, -0.25) is 4.72 Å². The Balaban J connectivity index is 1.60. The van der Waals surface area contributed by atoms with E-state index in [0.29, 0.717) is 34.4 Å². The van der Waals surface area contributed by atoms with Crippen molar-refractivity contribution < 1.29 is 13.2 Å². The van der Waals surface area contributed by atoms with Gasteiger partial charge in [-0.15, -0.1) is 0 Å². The zero-order chi connectivity index (χ0) is 21.7. The van der Waals surface area contributed by atoms with Crippen LogP contribution in [0.2, 0.25) is 0 Å². The maximum atomic E-state index is 12.6. The average molecular weight is 448 g/mol. The van der Waals surface area contributed by atoms with Crippen molar-refractivity contribution in [1.82, 2.24) is 5.32 Å². The lowest BCUT2D eigenvalue weighted by Crippen LogP contribution is -2.45. The second-order valence-corrected chi connectivity index (χ2v) is 9.92. The molecule has 2 aromatic rings. The van der Waals surface area contributed by atoms with E-state index >= 15 is 0 Å². The third-order valence-electron chi connectivity index (χ3n) is 5.79. The van der Waals surface area contributed by atoms with Gasteiger partial charge >= 0.3 is 0 Å². The number of benzene rings is 2. The number of hydrogen-bond donors (Lipinski definition) is 3. The second kappa shape index (κ2) is 9.66. The van der Waals surface area contributed by atoms with E-state index in [1.165, 1.54) is 12.8 Å². The van der Waals surface area contributed by atoms with E-state index in [1.54, 1.807) is 55.6 Å². The highest BCUT2D eigenvalue weighted by atomic mass is 32.2. The van der Waals surface area contributed by atoms with E-state index in [0.717, 1.165) is 12.1 Å². The van der Waals surface area contributed by atoms with Gasteiger partial charge in [-0.1, -0.05) is 26.7 Å². The van der Waals surface area contributed by atoms with Crippen molar-refractivity contribution >= 4 is 38.7 Å². The Labute approximate surface area is 184 Å². The van der Waals surface area contributed by atoms with Crippen LogP contribution in [0.15, 0.2) is 53.4 Å². The number of hydrogen-bond acceptors (Lipinski definition) is 4. The van der Waals surface area contributed by atoms with Crippen molar-refractivity contribution in [1.29, 1.82) is 0 Å². The Bertz CT molecular complexity index is 960. The van der Waals surface area contributed by atoms with E-state index in [2.05, 4.69) is 29.2 Å². The van der Waals surface area contributed by atoms with Gasteiger partial charge in [0.2, 0.25) is 0 Å². The van der Waals surface area contributed by atoms with Crippen molar-refractivity contribution in [2.75, 3.05) is 17.1 Å². The fourth-order valence-corrected chi connectivity index (χ4v) is 5.04. The molecule has 0 bridgehead atoms. The van der Waals surface area contributed by atoms with Gasteiger partial charge in [0, 0.05) is 17.4 Å². The number of methoxy groups -OCH3 is 1. The number of anilines is 2. The second-order valence-electron chi connectivity index (χ2n) is 7.83. The van der Waals surface area contributed by atoms with Crippen molar-refractivity contribution in [3.05, 3.63) is 48.5 Å². The summed E-state index contributed by atoms with van der Waals surface area (Å²) in [6, 6.07) is 13.6. The molecule has 0 aliphatic heterocycles. The molecule has 3 N–H and O–H groups in total. The van der Waals surface area contributed by atoms with E-state index in [1.807, 2.05) is 0 Å². The van der Waals surface area contributed by atoms with Crippen LogP contribution in [0, 0.1) is 11.8 Å². The van der Waals surface area contributed by atoms with Gasteiger partial charge in [0.15, 0.2) is 5.11 Å². The first kappa shape index (κ1) is 22.4. The largest absolute Gasteiger partial charge is 0.497 e. The Morgan fingerprint density at radius 1 is 1.00 bits per heavy atom. The normalized spacial score (nSPS) is 21.5. The van der Waals surface area contributed by atoms with Crippen LogP contribution in [0.3, 0.4) is 0 Å². The van der Waals surface area contributed by atoms with Gasteiger partial charge < -0.3 is 15.4 Å². The first-order chi connectivity index (χ1) is 14.3. The number of rotatable bonds is 6. The van der Waals surface area contributed by atoms with Crippen molar-refractivity contribution in [2.45, 2.75) is 44.0 Å². The van der Waals surface area contributed by atoms with Crippen LogP contribution in [-0.4, -0.2) is 26.7 Å². The summed E-state index contributed by atoms with van der Waals surface area (Å²) in [5.41, 5.74) is 1.21. The molecule has 0 radical (unpaired) electrons. The van der Waals surface area contributed by atoms with Crippen LogP contribution in [0.4, 0.5) is 11.4 Å². The smallest absolute Gasteiger partial charge is 0.261 e. The summed E-state index contributed by atoms with van der Waals surface area (Å²) in [6.45, 7) is 4.55. The zero-order valence-electron chi connectivity index (χ0n) is 17.5. The lowest BCUT2D eigenvalue weighted by Gasteiger charge is -2.35. The minimum absolute atomic E-state index is 0.178. The van der Waals surface area contributed by atoms with Crippen LogP contribution in [-0.2, 0) is 10.0 Å². The number of sulfonamides is 1. The summed E-state index contributed by atoms with van der Waals surface area (Å²) in [6.07, 6.45) is 3.58. The van der Waals surface area contributed by atoms with Gasteiger partial charge in [-0.2, -0.15) is 0 Å².